The van der Waals surface area contributed by atoms with Gasteiger partial charge in [0, 0.05) is 78.6 Å². The van der Waals surface area contributed by atoms with Gasteiger partial charge in [0.05, 0.1) is 11.0 Å². The Morgan fingerprint density at radius 2 is 0.781 bits per heavy atom. The van der Waals surface area contributed by atoms with Crippen LogP contribution >= 0.6 is 0 Å². The Hall–Kier alpha value is -7.17. The van der Waals surface area contributed by atoms with Crippen molar-refractivity contribution >= 4 is 100 Å². The first-order valence-electron chi connectivity index (χ1n) is 27.6. The molecule has 3 heterocycles. The van der Waals surface area contributed by atoms with Crippen LogP contribution in [0.1, 0.15) is 134 Å². The number of aryl methyl sites for hydroxylation is 2. The van der Waals surface area contributed by atoms with Gasteiger partial charge in [-0.15, -0.1) is 0 Å². The summed E-state index contributed by atoms with van der Waals surface area (Å²) in [4.78, 5) is 5.45. The number of para-hydroxylation sites is 1. The van der Waals surface area contributed by atoms with E-state index in [4.69, 9.17) is 4.98 Å². The fraction of sp³-hybridized carbons (Fsp3) is 0.290. The predicted octanol–water partition coefficient (Wildman–Crippen LogP) is 20.0. The quantitative estimate of drug-likeness (QED) is 0.0451. The number of benzene rings is 8. The third-order valence-corrected chi connectivity index (χ3v) is 15.5. The van der Waals surface area contributed by atoms with Crippen molar-refractivity contribution in [3.05, 3.63) is 174 Å². The highest BCUT2D eigenvalue weighted by Crippen LogP contribution is 2.41. The monoisotopic (exact) mass is 957 g/mol. The first kappa shape index (κ1) is 48.1. The molecule has 368 valence electrons. The SMILES string of the molecule is CCCCCCCCn1c2ccccc2c2cc(/C=C/c3ccc4c(c3)c3cc(/C=C/c5ccc(-c6nc7c8ccccc8c8ccccc8c7n6C(C)(C)C)cc5)ccc3n4CCCCCCCC)ccc21. The molecule has 0 radical (unpaired) electrons. The molecule has 4 heteroatoms. The number of unbranched alkanes of at least 4 members (excludes halogenated alkanes) is 10. The Labute approximate surface area is 432 Å². The highest BCUT2D eigenvalue weighted by Gasteiger charge is 2.26. The van der Waals surface area contributed by atoms with Crippen LogP contribution in [0.25, 0.3) is 112 Å². The van der Waals surface area contributed by atoms with Gasteiger partial charge in [0.15, 0.2) is 0 Å². The molecule has 11 aromatic rings. The smallest absolute Gasteiger partial charge is 0.141 e. The molecule has 0 aliphatic heterocycles. The molecule has 4 nitrogen and oxygen atoms in total. The van der Waals surface area contributed by atoms with Crippen molar-refractivity contribution in [2.75, 3.05) is 0 Å². The molecular formula is C69H72N4. The first-order chi connectivity index (χ1) is 35.8. The fourth-order valence-electron chi connectivity index (χ4n) is 11.8. The summed E-state index contributed by atoms with van der Waals surface area (Å²) >= 11 is 0. The standard InChI is InChI=1S/C69H72N4/c1-6-8-10-12-14-22-44-71-62-29-21-20-26-56(62)59-46-51(36-41-63(59)71)32-33-52-38-43-65-61(48-52)60-47-50(37-42-64(60)72(65)45-23-15-13-11-9-7-2)31-30-49-34-39-53(40-35-49)68-70-66-57-27-18-16-24-54(57)55-25-17-19-28-58(55)67(66)73(68)69(3,4)5/h16-21,24-43,46-48H,6-15,22-23,44-45H2,1-5H3/b31-30+,33-32+. The van der Waals surface area contributed by atoms with E-state index < -0.39 is 0 Å². The summed E-state index contributed by atoms with van der Waals surface area (Å²) in [5, 5.41) is 10.3. The van der Waals surface area contributed by atoms with Gasteiger partial charge in [-0.05, 0) is 109 Å². The van der Waals surface area contributed by atoms with Gasteiger partial charge < -0.3 is 13.7 Å². The van der Waals surface area contributed by atoms with E-state index in [0.717, 1.165) is 35.6 Å². The molecule has 0 aliphatic carbocycles. The van der Waals surface area contributed by atoms with Crippen molar-refractivity contribution in [1.82, 2.24) is 18.7 Å². The number of rotatable bonds is 19. The van der Waals surface area contributed by atoms with Crippen LogP contribution in [0.3, 0.4) is 0 Å². The lowest BCUT2D eigenvalue weighted by atomic mass is 9.98. The van der Waals surface area contributed by atoms with Crippen LogP contribution in [0.5, 0.6) is 0 Å². The number of nitrogens with zero attached hydrogens (tertiary/aromatic N) is 4. The van der Waals surface area contributed by atoms with Gasteiger partial charge in [-0.1, -0.05) is 212 Å². The lowest BCUT2D eigenvalue weighted by Gasteiger charge is -2.25. The van der Waals surface area contributed by atoms with Crippen LogP contribution in [-0.4, -0.2) is 18.7 Å². The summed E-state index contributed by atoms with van der Waals surface area (Å²) in [6.07, 6.45) is 24.7. The van der Waals surface area contributed by atoms with Gasteiger partial charge in [0.2, 0.25) is 0 Å². The third-order valence-electron chi connectivity index (χ3n) is 15.5. The summed E-state index contributed by atoms with van der Waals surface area (Å²) < 4.78 is 7.59. The van der Waals surface area contributed by atoms with Crippen molar-refractivity contribution in [3.8, 4) is 11.4 Å². The van der Waals surface area contributed by atoms with Gasteiger partial charge in [-0.3, -0.25) is 0 Å². The molecule has 73 heavy (non-hydrogen) atoms. The van der Waals surface area contributed by atoms with Crippen molar-refractivity contribution < 1.29 is 0 Å². The summed E-state index contributed by atoms with van der Waals surface area (Å²) in [6.45, 7) is 13.6. The highest BCUT2D eigenvalue weighted by atomic mass is 15.1. The normalized spacial score (nSPS) is 12.6. The van der Waals surface area contributed by atoms with Gasteiger partial charge in [-0.25, -0.2) is 4.98 Å². The Balaban J connectivity index is 0.892. The zero-order valence-corrected chi connectivity index (χ0v) is 43.9. The molecule has 0 spiro atoms. The number of aromatic nitrogens is 4. The zero-order valence-electron chi connectivity index (χ0n) is 43.9. The summed E-state index contributed by atoms with van der Waals surface area (Å²) in [5.74, 6) is 1.00. The van der Waals surface area contributed by atoms with Crippen LogP contribution in [0.4, 0.5) is 0 Å². The number of fused-ring (bicyclic) bond motifs is 12. The Bertz CT molecular complexity index is 3810. The van der Waals surface area contributed by atoms with E-state index in [1.165, 1.54) is 164 Å². The van der Waals surface area contributed by atoms with Crippen molar-refractivity contribution in [3.63, 3.8) is 0 Å². The summed E-state index contributed by atoms with van der Waals surface area (Å²) in [6, 6.07) is 56.7. The topological polar surface area (TPSA) is 27.7 Å². The highest BCUT2D eigenvalue weighted by molar-refractivity contribution is 6.24. The average Bonchev–Trinajstić information content (AvgIpc) is 4.08. The van der Waals surface area contributed by atoms with Crippen LogP contribution in [0.2, 0.25) is 0 Å². The third kappa shape index (κ3) is 9.65. The van der Waals surface area contributed by atoms with E-state index in [2.05, 4.69) is 224 Å². The molecule has 0 fully saturated rings. The zero-order chi connectivity index (χ0) is 49.9. The Morgan fingerprint density at radius 1 is 0.384 bits per heavy atom. The molecule has 3 aromatic heterocycles. The van der Waals surface area contributed by atoms with E-state index in [0.29, 0.717) is 0 Å². The molecule has 0 amide bonds. The van der Waals surface area contributed by atoms with Crippen molar-refractivity contribution in [2.45, 2.75) is 130 Å². The second-order valence-corrected chi connectivity index (χ2v) is 21.7. The molecule has 0 unspecified atom stereocenters. The maximum atomic E-state index is 5.45. The average molecular weight is 957 g/mol. The molecule has 0 bridgehead atoms. The van der Waals surface area contributed by atoms with Crippen molar-refractivity contribution in [2.24, 2.45) is 0 Å². The molecule has 8 aromatic carbocycles. The maximum absolute atomic E-state index is 5.45. The van der Waals surface area contributed by atoms with E-state index in [1.54, 1.807) is 0 Å². The molecular weight excluding hydrogens is 885 g/mol. The predicted molar refractivity (Wildman–Crippen MR) is 319 cm³/mol. The second-order valence-electron chi connectivity index (χ2n) is 21.7. The van der Waals surface area contributed by atoms with Gasteiger partial charge in [0.1, 0.15) is 5.82 Å². The lowest BCUT2D eigenvalue weighted by molar-refractivity contribution is 0.413. The molecule has 0 saturated heterocycles. The molecule has 0 saturated carbocycles. The molecule has 0 atom stereocenters. The second kappa shape index (κ2) is 21.1. The van der Waals surface area contributed by atoms with E-state index in [1.807, 2.05) is 0 Å². The van der Waals surface area contributed by atoms with Gasteiger partial charge in [0.25, 0.3) is 0 Å². The number of hydrogen-bond acceptors (Lipinski definition) is 1. The van der Waals surface area contributed by atoms with E-state index in [-0.39, 0.29) is 5.54 Å². The van der Waals surface area contributed by atoms with Crippen molar-refractivity contribution in [1.29, 1.82) is 0 Å². The van der Waals surface area contributed by atoms with Gasteiger partial charge >= 0.3 is 0 Å². The number of hydrogen-bond donors (Lipinski definition) is 0. The van der Waals surface area contributed by atoms with E-state index in [9.17, 15) is 0 Å². The summed E-state index contributed by atoms with van der Waals surface area (Å²) in [7, 11) is 0. The Morgan fingerprint density at radius 3 is 1.30 bits per heavy atom. The molecule has 11 rings (SSSR count). The largest absolute Gasteiger partial charge is 0.340 e. The maximum Gasteiger partial charge on any atom is 0.141 e. The minimum Gasteiger partial charge on any atom is -0.340 e. The van der Waals surface area contributed by atoms with Crippen LogP contribution in [-0.2, 0) is 18.6 Å². The Kier molecular flexibility index (Phi) is 13.9. The summed E-state index contributed by atoms with van der Waals surface area (Å²) in [5.41, 5.74) is 13.3. The minimum atomic E-state index is -0.188. The van der Waals surface area contributed by atoms with Crippen LogP contribution in [0.15, 0.2) is 152 Å². The number of imidazole rings is 1. The van der Waals surface area contributed by atoms with Crippen LogP contribution < -0.4 is 0 Å². The van der Waals surface area contributed by atoms with Gasteiger partial charge in [-0.2, -0.15) is 0 Å². The minimum absolute atomic E-state index is 0.188. The lowest BCUT2D eigenvalue weighted by Crippen LogP contribution is -2.22. The molecule has 0 N–H and O–H groups in total. The van der Waals surface area contributed by atoms with Crippen LogP contribution in [0, 0.1) is 0 Å². The van der Waals surface area contributed by atoms with E-state index >= 15 is 0 Å². The fourth-order valence-corrected chi connectivity index (χ4v) is 11.8. The molecule has 0 aliphatic rings. The first-order valence-corrected chi connectivity index (χ1v) is 27.6.